The minimum Gasteiger partial charge on any atom is -0.329 e. The molecule has 5 radical (unpaired) electrons. The molecule has 1 saturated carbocycles. The Kier molecular flexibility index (Phi) is 3.35. The highest BCUT2D eigenvalue weighted by Gasteiger charge is 2.25. The Morgan fingerprint density at radius 3 is 2.21 bits per heavy atom. The van der Waals surface area contributed by atoms with E-state index in [-0.39, 0.29) is 11.3 Å². The number of nitrogens with one attached hydrogen (secondary N) is 1. The minimum absolute atomic E-state index is 0.0105. The van der Waals surface area contributed by atoms with Gasteiger partial charge in [0.15, 0.2) is 0 Å². The number of carbonyl (C=O) groups excluding carboxylic acids is 1. The van der Waals surface area contributed by atoms with Gasteiger partial charge in [-0.05, 0) is 25.7 Å². The number of rotatable bonds is 2. The summed E-state index contributed by atoms with van der Waals surface area (Å²) in [5.41, 5.74) is 0.283. The first-order valence-electron chi connectivity index (χ1n) is 4.64. The first-order chi connectivity index (χ1) is 6.41. The molecule has 2 nitrogen and oxygen atoms in total. The predicted octanol–water partition coefficient (Wildman–Crippen LogP) is 2.07. The lowest BCUT2D eigenvalue weighted by atomic mass is 9.94. The first kappa shape index (κ1) is 11.3. The molecule has 1 N–H and O–H groups in total. The lowest BCUT2D eigenvalue weighted by Gasteiger charge is -2.20. The van der Waals surface area contributed by atoms with Crippen LogP contribution in [-0.2, 0) is 4.79 Å². The van der Waals surface area contributed by atoms with Crippen molar-refractivity contribution in [2.24, 2.45) is 5.41 Å². The van der Waals surface area contributed by atoms with E-state index < -0.39 is 0 Å². The molecular weight excluding hydrogens is 174 g/mol. The lowest BCUT2D eigenvalue weighted by Crippen LogP contribution is -2.35. The van der Waals surface area contributed by atoms with Crippen molar-refractivity contribution < 1.29 is 4.79 Å². The van der Waals surface area contributed by atoms with Crippen molar-refractivity contribution in [1.29, 1.82) is 0 Å². The molecule has 0 spiro atoms. The Morgan fingerprint density at radius 1 is 1.29 bits per heavy atom. The van der Waals surface area contributed by atoms with Crippen molar-refractivity contribution in [3.63, 3.8) is 0 Å². The molecule has 75 valence electrons. The van der Waals surface area contributed by atoms with Crippen molar-refractivity contribution in [2.45, 2.75) is 20.8 Å². The molecule has 0 bridgehead atoms. The smallest absolute Gasteiger partial charge is 0.229 e. The van der Waals surface area contributed by atoms with Crippen LogP contribution in [-0.4, -0.2) is 5.91 Å². The average Bonchev–Trinajstić information content (AvgIpc) is 2.53. The molecule has 2 heteroatoms. The molecule has 0 atom stereocenters. The van der Waals surface area contributed by atoms with Crippen LogP contribution in [0.2, 0.25) is 0 Å². The number of carbonyl (C=O) groups is 1. The van der Waals surface area contributed by atoms with E-state index in [1.165, 1.54) is 0 Å². The molecule has 1 aliphatic carbocycles. The summed E-state index contributed by atoms with van der Waals surface area (Å²) in [6, 6.07) is 0. The standard InChI is InChI=1S/C12H16NO/c1-9(10-7-5-6-8-10)13-11(14)12(2,3)4/h5-8H,1H2,2-4H3,(H,13,14). The van der Waals surface area contributed by atoms with Gasteiger partial charge in [0.2, 0.25) is 5.91 Å². The second-order valence-corrected chi connectivity index (χ2v) is 4.36. The second kappa shape index (κ2) is 4.16. The Balaban J connectivity index is 2.44. The Labute approximate surface area is 86.8 Å². The number of allylic oxidation sites excluding steroid dienone is 1. The fourth-order valence-electron chi connectivity index (χ4n) is 0.972. The largest absolute Gasteiger partial charge is 0.329 e. The highest BCUT2D eigenvalue weighted by Crippen LogP contribution is 2.28. The molecule has 0 aromatic carbocycles. The first-order valence-corrected chi connectivity index (χ1v) is 4.64. The summed E-state index contributed by atoms with van der Waals surface area (Å²) in [4.78, 5) is 11.6. The quantitative estimate of drug-likeness (QED) is 0.709. The lowest BCUT2D eigenvalue weighted by molar-refractivity contribution is -0.127. The molecule has 0 aliphatic heterocycles. The van der Waals surface area contributed by atoms with E-state index in [2.05, 4.69) is 11.9 Å². The van der Waals surface area contributed by atoms with Gasteiger partial charge in [0.25, 0.3) is 0 Å². The zero-order chi connectivity index (χ0) is 10.8. The maximum Gasteiger partial charge on any atom is 0.229 e. The third kappa shape index (κ3) is 2.86. The van der Waals surface area contributed by atoms with E-state index in [0.29, 0.717) is 5.70 Å². The molecule has 0 saturated heterocycles. The fraction of sp³-hybridized carbons (Fsp3) is 0.333. The highest BCUT2D eigenvalue weighted by molar-refractivity contribution is 5.83. The third-order valence-electron chi connectivity index (χ3n) is 1.96. The van der Waals surface area contributed by atoms with Crippen molar-refractivity contribution in [1.82, 2.24) is 5.32 Å². The Bertz CT molecular complexity index is 231. The molecule has 0 aromatic rings. The summed E-state index contributed by atoms with van der Waals surface area (Å²) in [6.45, 7) is 9.45. The predicted molar refractivity (Wildman–Crippen MR) is 57.2 cm³/mol. The molecule has 1 aliphatic rings. The van der Waals surface area contributed by atoms with Gasteiger partial charge in [-0.2, -0.15) is 0 Å². The van der Waals surface area contributed by atoms with Gasteiger partial charge in [-0.1, -0.05) is 27.4 Å². The van der Waals surface area contributed by atoms with Crippen LogP contribution >= 0.6 is 0 Å². The van der Waals surface area contributed by atoms with Crippen LogP contribution in [0.25, 0.3) is 0 Å². The van der Waals surface area contributed by atoms with Crippen molar-refractivity contribution >= 4 is 5.91 Å². The number of amides is 1. The van der Waals surface area contributed by atoms with Gasteiger partial charge < -0.3 is 5.32 Å². The average molecular weight is 190 g/mol. The molecule has 0 heterocycles. The molecule has 14 heavy (non-hydrogen) atoms. The molecule has 1 rings (SSSR count). The maximum absolute atomic E-state index is 11.6. The Morgan fingerprint density at radius 2 is 1.79 bits per heavy atom. The SMILES string of the molecule is C=C(NC(=O)C(C)(C)C)[C]1[CH][CH][CH][CH]1. The molecular formula is C12H16NO. The zero-order valence-corrected chi connectivity index (χ0v) is 8.92. The van der Waals surface area contributed by atoms with Crippen LogP contribution in [0.5, 0.6) is 0 Å². The summed E-state index contributed by atoms with van der Waals surface area (Å²) in [5, 5.41) is 2.79. The number of hydrogen-bond acceptors (Lipinski definition) is 1. The van der Waals surface area contributed by atoms with Crippen LogP contribution in [0.1, 0.15) is 20.8 Å². The van der Waals surface area contributed by atoms with Crippen molar-refractivity contribution in [2.75, 3.05) is 0 Å². The normalized spacial score (nSPS) is 18.2. The number of hydrogen-bond donors (Lipinski definition) is 1. The van der Waals surface area contributed by atoms with Gasteiger partial charge in [-0.25, -0.2) is 0 Å². The Hall–Kier alpha value is -0.790. The van der Waals surface area contributed by atoms with Gasteiger partial charge >= 0.3 is 0 Å². The summed E-state index contributed by atoms with van der Waals surface area (Å²) >= 11 is 0. The van der Waals surface area contributed by atoms with Gasteiger partial charge in [-0.15, -0.1) is 0 Å². The highest BCUT2D eigenvalue weighted by atomic mass is 16.2. The van der Waals surface area contributed by atoms with Crippen molar-refractivity contribution in [3.8, 4) is 0 Å². The third-order valence-corrected chi connectivity index (χ3v) is 1.96. The van der Waals surface area contributed by atoms with E-state index in [0.717, 1.165) is 5.92 Å². The van der Waals surface area contributed by atoms with Crippen LogP contribution < -0.4 is 5.32 Å². The van der Waals surface area contributed by atoms with E-state index in [1.807, 2.05) is 46.5 Å². The molecule has 0 aromatic heterocycles. The minimum atomic E-state index is -0.379. The van der Waals surface area contributed by atoms with Gasteiger partial charge in [0.05, 0.1) is 0 Å². The van der Waals surface area contributed by atoms with Gasteiger partial charge in [0.1, 0.15) is 0 Å². The summed E-state index contributed by atoms with van der Waals surface area (Å²) in [5.74, 6) is 0.950. The molecule has 1 amide bonds. The van der Waals surface area contributed by atoms with Crippen LogP contribution in [0.15, 0.2) is 12.3 Å². The van der Waals surface area contributed by atoms with Crippen LogP contribution in [0.4, 0.5) is 0 Å². The van der Waals surface area contributed by atoms with Gasteiger partial charge in [-0.3, -0.25) is 4.79 Å². The van der Waals surface area contributed by atoms with Crippen LogP contribution in [0.3, 0.4) is 0 Å². The van der Waals surface area contributed by atoms with Crippen molar-refractivity contribution in [3.05, 3.63) is 43.9 Å². The fourth-order valence-corrected chi connectivity index (χ4v) is 0.972. The van der Waals surface area contributed by atoms with E-state index in [9.17, 15) is 4.79 Å². The zero-order valence-electron chi connectivity index (χ0n) is 8.92. The molecule has 0 unspecified atom stereocenters. The summed E-state index contributed by atoms with van der Waals surface area (Å²) < 4.78 is 0. The van der Waals surface area contributed by atoms with E-state index in [4.69, 9.17) is 0 Å². The van der Waals surface area contributed by atoms with Crippen LogP contribution in [0, 0.1) is 37.0 Å². The van der Waals surface area contributed by atoms with Gasteiger partial charge in [0, 0.05) is 17.0 Å². The molecule has 1 fully saturated rings. The maximum atomic E-state index is 11.6. The van der Waals surface area contributed by atoms with E-state index >= 15 is 0 Å². The summed E-state index contributed by atoms with van der Waals surface area (Å²) in [7, 11) is 0. The monoisotopic (exact) mass is 190 g/mol. The second-order valence-electron chi connectivity index (χ2n) is 4.36. The summed E-state index contributed by atoms with van der Waals surface area (Å²) in [6.07, 6.45) is 7.68. The van der Waals surface area contributed by atoms with E-state index in [1.54, 1.807) is 0 Å². The topological polar surface area (TPSA) is 29.1 Å².